The van der Waals surface area contributed by atoms with Crippen LogP contribution < -0.4 is 11.2 Å². The van der Waals surface area contributed by atoms with Gasteiger partial charge in [0.25, 0.3) is 5.56 Å². The number of aromatic nitrogens is 4. The maximum atomic E-state index is 12.2. The van der Waals surface area contributed by atoms with E-state index in [-0.39, 0.29) is 10.9 Å². The zero-order chi connectivity index (χ0) is 14.2. The number of hydrogen-bond acceptors (Lipinski definition) is 4. The topological polar surface area (TPSA) is 71.1 Å². The molecule has 0 radical (unpaired) electrons. The van der Waals surface area contributed by atoms with Crippen LogP contribution in [0.4, 0.5) is 0 Å². The summed E-state index contributed by atoms with van der Waals surface area (Å²) >= 11 is 6.03. The highest BCUT2D eigenvalue weighted by molar-refractivity contribution is 6.29. The zero-order valence-electron chi connectivity index (χ0n) is 11.0. The maximum absolute atomic E-state index is 12.2. The molecule has 104 valence electrons. The lowest BCUT2D eigenvalue weighted by atomic mass is 10.5. The second-order valence-corrected chi connectivity index (χ2v) is 4.45. The molecule has 2 aromatic heterocycles. The quantitative estimate of drug-likeness (QED) is 0.591. The Bertz CT molecular complexity index is 728. The number of imidazole rings is 1. The first-order valence-electron chi connectivity index (χ1n) is 5.88. The molecule has 0 atom stereocenters. The Morgan fingerprint density at radius 2 is 1.95 bits per heavy atom. The summed E-state index contributed by atoms with van der Waals surface area (Å²) in [6, 6.07) is 0. The molecule has 0 saturated carbocycles. The van der Waals surface area contributed by atoms with Gasteiger partial charge >= 0.3 is 5.69 Å². The smallest absolute Gasteiger partial charge is 0.332 e. The van der Waals surface area contributed by atoms with Crippen LogP contribution in [-0.4, -0.2) is 31.9 Å². The van der Waals surface area contributed by atoms with Gasteiger partial charge in [0.1, 0.15) is 0 Å². The van der Waals surface area contributed by atoms with Crippen molar-refractivity contribution in [1.29, 1.82) is 0 Å². The van der Waals surface area contributed by atoms with Crippen molar-refractivity contribution in [2.75, 3.05) is 13.2 Å². The van der Waals surface area contributed by atoms with Gasteiger partial charge in [-0.25, -0.2) is 4.79 Å². The molecule has 8 heteroatoms. The molecule has 0 aliphatic rings. The molecule has 0 fully saturated rings. The second-order valence-electron chi connectivity index (χ2n) is 4.11. The average molecular weight is 287 g/mol. The summed E-state index contributed by atoms with van der Waals surface area (Å²) in [7, 11) is 2.98. The van der Waals surface area contributed by atoms with Gasteiger partial charge in [-0.05, 0) is 18.5 Å². The third-order valence-corrected chi connectivity index (χ3v) is 3.25. The maximum Gasteiger partial charge on any atom is 0.332 e. The van der Waals surface area contributed by atoms with Crippen molar-refractivity contribution >= 4 is 22.8 Å². The lowest BCUT2D eigenvalue weighted by Crippen LogP contribution is -2.37. The van der Waals surface area contributed by atoms with Crippen molar-refractivity contribution in [1.82, 2.24) is 18.7 Å². The molecular weight excluding hydrogens is 272 g/mol. The molecule has 0 bridgehead atoms. The van der Waals surface area contributed by atoms with E-state index in [9.17, 15) is 9.59 Å². The van der Waals surface area contributed by atoms with Gasteiger partial charge in [-0.15, -0.1) is 0 Å². The summed E-state index contributed by atoms with van der Waals surface area (Å²) in [5, 5.41) is 0.174. The lowest BCUT2D eigenvalue weighted by molar-refractivity contribution is 0.140. The highest BCUT2D eigenvalue weighted by Gasteiger charge is 2.17. The summed E-state index contributed by atoms with van der Waals surface area (Å²) in [5.41, 5.74) is -0.235. The van der Waals surface area contributed by atoms with E-state index in [4.69, 9.17) is 16.3 Å². The summed E-state index contributed by atoms with van der Waals surface area (Å²) in [6.07, 6.45) is 0. The van der Waals surface area contributed by atoms with Crippen LogP contribution in [0, 0.1) is 0 Å². The van der Waals surface area contributed by atoms with E-state index in [2.05, 4.69) is 4.98 Å². The van der Waals surface area contributed by atoms with Gasteiger partial charge in [0.2, 0.25) is 5.28 Å². The van der Waals surface area contributed by atoms with Crippen molar-refractivity contribution in [2.24, 2.45) is 14.1 Å². The summed E-state index contributed by atoms with van der Waals surface area (Å²) in [5.74, 6) is 0. The molecule has 0 aliphatic carbocycles. The fourth-order valence-corrected chi connectivity index (χ4v) is 2.17. The van der Waals surface area contributed by atoms with Crippen molar-refractivity contribution < 1.29 is 4.74 Å². The number of fused-ring (bicyclic) bond motifs is 1. The van der Waals surface area contributed by atoms with Gasteiger partial charge in [0.05, 0.1) is 6.61 Å². The summed E-state index contributed by atoms with van der Waals surface area (Å²) in [4.78, 5) is 28.0. The van der Waals surface area contributed by atoms with E-state index in [1.54, 1.807) is 11.6 Å². The fourth-order valence-electron chi connectivity index (χ4n) is 1.92. The Morgan fingerprint density at radius 1 is 1.26 bits per heavy atom. The van der Waals surface area contributed by atoms with Gasteiger partial charge < -0.3 is 9.30 Å². The van der Waals surface area contributed by atoms with E-state index in [0.717, 1.165) is 4.57 Å². The number of halogens is 1. The normalized spacial score (nSPS) is 11.4. The van der Waals surface area contributed by atoms with Crippen LogP contribution in [0.5, 0.6) is 0 Å². The Hall–Kier alpha value is -1.60. The van der Waals surface area contributed by atoms with Crippen LogP contribution in [0.25, 0.3) is 11.2 Å². The van der Waals surface area contributed by atoms with Crippen LogP contribution in [-0.2, 0) is 25.4 Å². The van der Waals surface area contributed by atoms with Gasteiger partial charge in [0.15, 0.2) is 11.2 Å². The average Bonchev–Trinajstić information content (AvgIpc) is 2.72. The minimum atomic E-state index is -0.427. The van der Waals surface area contributed by atoms with Gasteiger partial charge in [0, 0.05) is 27.2 Å². The van der Waals surface area contributed by atoms with E-state index >= 15 is 0 Å². The van der Waals surface area contributed by atoms with Gasteiger partial charge in [-0.3, -0.25) is 13.9 Å². The molecule has 0 amide bonds. The van der Waals surface area contributed by atoms with Crippen LogP contribution in [0.15, 0.2) is 9.59 Å². The van der Waals surface area contributed by atoms with Gasteiger partial charge in [-0.2, -0.15) is 4.98 Å². The first kappa shape index (κ1) is 13.8. The summed E-state index contributed by atoms with van der Waals surface area (Å²) < 4.78 is 9.16. The molecule has 7 nitrogen and oxygen atoms in total. The van der Waals surface area contributed by atoms with Crippen LogP contribution in [0.1, 0.15) is 6.92 Å². The zero-order valence-corrected chi connectivity index (χ0v) is 11.8. The Morgan fingerprint density at radius 3 is 2.58 bits per heavy atom. The summed E-state index contributed by atoms with van der Waals surface area (Å²) in [6.45, 7) is 3.31. The van der Waals surface area contributed by atoms with Crippen LogP contribution >= 0.6 is 11.6 Å². The Balaban J connectivity index is 2.69. The minimum absolute atomic E-state index is 0.174. The predicted octanol–water partition coefficient (Wildman–Crippen LogP) is 0.124. The second kappa shape index (κ2) is 5.18. The van der Waals surface area contributed by atoms with Crippen molar-refractivity contribution in [3.63, 3.8) is 0 Å². The highest BCUT2D eigenvalue weighted by Crippen LogP contribution is 2.15. The highest BCUT2D eigenvalue weighted by atomic mass is 35.5. The lowest BCUT2D eigenvalue weighted by Gasteiger charge is -2.07. The number of nitrogens with zero attached hydrogens (tertiary/aromatic N) is 4. The number of aryl methyl sites for hydroxylation is 1. The number of hydrogen-bond donors (Lipinski definition) is 0. The van der Waals surface area contributed by atoms with E-state index < -0.39 is 11.2 Å². The number of ether oxygens (including phenoxy) is 1. The molecular formula is C11H15ClN4O3. The first-order chi connectivity index (χ1) is 8.99. The Kier molecular flexibility index (Phi) is 3.77. The molecule has 0 N–H and O–H groups in total. The Labute approximate surface area is 114 Å². The molecule has 0 aliphatic heterocycles. The SMILES string of the molecule is CCOCCn1c(Cl)nc2c1c(=O)n(C)c(=O)n2C. The largest absolute Gasteiger partial charge is 0.380 e. The third-order valence-electron chi connectivity index (χ3n) is 2.96. The fraction of sp³-hybridized carbons (Fsp3) is 0.545. The van der Waals surface area contributed by atoms with Crippen molar-refractivity contribution in [3.05, 3.63) is 26.1 Å². The third kappa shape index (κ3) is 2.19. The molecule has 0 saturated heterocycles. The van der Waals surface area contributed by atoms with Crippen LogP contribution in [0.3, 0.4) is 0 Å². The standard InChI is InChI=1S/C11H15ClN4O3/c1-4-19-6-5-16-7-8(13-10(16)12)14(2)11(18)15(3)9(7)17/h4-6H2,1-3H3. The van der Waals surface area contributed by atoms with Crippen molar-refractivity contribution in [2.45, 2.75) is 13.5 Å². The first-order valence-corrected chi connectivity index (χ1v) is 6.26. The molecule has 2 aromatic rings. The predicted molar refractivity (Wildman–Crippen MR) is 71.7 cm³/mol. The molecule has 0 unspecified atom stereocenters. The number of rotatable bonds is 4. The molecule has 0 spiro atoms. The van der Waals surface area contributed by atoms with Crippen LogP contribution in [0.2, 0.25) is 5.28 Å². The molecule has 0 aromatic carbocycles. The van der Waals surface area contributed by atoms with Crippen molar-refractivity contribution in [3.8, 4) is 0 Å². The minimum Gasteiger partial charge on any atom is -0.380 e. The monoisotopic (exact) mass is 286 g/mol. The van der Waals surface area contributed by atoms with E-state index in [1.165, 1.54) is 11.6 Å². The molecule has 19 heavy (non-hydrogen) atoms. The van der Waals surface area contributed by atoms with E-state index in [0.29, 0.717) is 25.3 Å². The van der Waals surface area contributed by atoms with E-state index in [1.807, 2.05) is 6.92 Å². The molecule has 2 rings (SSSR count). The molecule has 2 heterocycles. The van der Waals surface area contributed by atoms with Gasteiger partial charge in [-0.1, -0.05) is 0 Å².